The monoisotopic (exact) mass is 386 g/mol. The molecule has 0 unspecified atom stereocenters. The van der Waals surface area contributed by atoms with E-state index in [4.69, 9.17) is 0 Å². The van der Waals surface area contributed by atoms with Crippen LogP contribution in [-0.2, 0) is 17.6 Å². The molecule has 3 N–H and O–H groups in total. The molecule has 0 aliphatic carbocycles. The number of benzene rings is 2. The Morgan fingerprint density at radius 1 is 1.14 bits per heavy atom. The second-order valence-corrected chi connectivity index (χ2v) is 7.42. The van der Waals surface area contributed by atoms with Crippen LogP contribution in [0.3, 0.4) is 0 Å². The van der Waals surface area contributed by atoms with Crippen LogP contribution in [0.5, 0.6) is 0 Å². The minimum atomic E-state index is -1.26. The van der Waals surface area contributed by atoms with E-state index in [1.807, 2.05) is 30.3 Å². The maximum Gasteiger partial charge on any atom is 0.227 e. The molecular formula is C22H27FN2O3. The summed E-state index contributed by atoms with van der Waals surface area (Å²) in [6.07, 6.45) is 0.313. The van der Waals surface area contributed by atoms with Gasteiger partial charge in [0.1, 0.15) is 17.5 Å². The van der Waals surface area contributed by atoms with E-state index in [1.165, 1.54) is 12.1 Å². The van der Waals surface area contributed by atoms with Crippen LogP contribution in [-0.4, -0.2) is 58.9 Å². The van der Waals surface area contributed by atoms with E-state index < -0.39 is 11.7 Å². The smallest absolute Gasteiger partial charge is 0.227 e. The number of likely N-dealkylation sites (tertiary alicyclic amines) is 1. The Balaban J connectivity index is 1.44. The minimum absolute atomic E-state index is 0.0448. The number of carbonyl (C=O) groups is 1. The van der Waals surface area contributed by atoms with Crippen molar-refractivity contribution in [3.63, 3.8) is 0 Å². The quantitative estimate of drug-likeness (QED) is 0.631. The number of hydrogen-bond donors (Lipinski definition) is 3. The molecule has 1 fully saturated rings. The van der Waals surface area contributed by atoms with Crippen LogP contribution >= 0.6 is 0 Å². The summed E-state index contributed by atoms with van der Waals surface area (Å²) in [5, 5.41) is 24.4. The van der Waals surface area contributed by atoms with E-state index in [-0.39, 0.29) is 24.8 Å². The maximum atomic E-state index is 12.9. The zero-order valence-electron chi connectivity index (χ0n) is 15.9. The summed E-state index contributed by atoms with van der Waals surface area (Å²) in [7, 11) is 0. The van der Waals surface area contributed by atoms with Crippen LogP contribution in [0.1, 0.15) is 17.5 Å². The highest BCUT2D eigenvalue weighted by Gasteiger charge is 2.41. The van der Waals surface area contributed by atoms with Crippen LogP contribution in [0, 0.1) is 5.82 Å². The van der Waals surface area contributed by atoms with Gasteiger partial charge in [-0.1, -0.05) is 42.5 Å². The number of hydrogen-bond acceptors (Lipinski definition) is 4. The van der Waals surface area contributed by atoms with Crippen molar-refractivity contribution >= 4 is 5.91 Å². The van der Waals surface area contributed by atoms with Crippen molar-refractivity contribution in [2.45, 2.75) is 31.0 Å². The highest BCUT2D eigenvalue weighted by Crippen LogP contribution is 2.23. The van der Waals surface area contributed by atoms with Crippen LogP contribution in [0.25, 0.3) is 0 Å². The highest BCUT2D eigenvalue weighted by molar-refractivity contribution is 5.79. The maximum absolute atomic E-state index is 12.9. The molecule has 2 atom stereocenters. The molecule has 3 rings (SSSR count). The van der Waals surface area contributed by atoms with E-state index >= 15 is 0 Å². The van der Waals surface area contributed by atoms with E-state index in [0.29, 0.717) is 32.4 Å². The van der Waals surface area contributed by atoms with Crippen molar-refractivity contribution in [1.82, 2.24) is 10.2 Å². The molecule has 0 bridgehead atoms. The Labute approximate surface area is 164 Å². The van der Waals surface area contributed by atoms with Crippen molar-refractivity contribution in [2.24, 2.45) is 0 Å². The van der Waals surface area contributed by atoms with Gasteiger partial charge in [0.2, 0.25) is 5.91 Å². The zero-order valence-corrected chi connectivity index (χ0v) is 15.9. The van der Waals surface area contributed by atoms with Crippen molar-refractivity contribution in [3.05, 3.63) is 71.5 Å². The summed E-state index contributed by atoms with van der Waals surface area (Å²) in [4.78, 5) is 14.1. The van der Waals surface area contributed by atoms with E-state index in [2.05, 4.69) is 5.32 Å². The van der Waals surface area contributed by atoms with Gasteiger partial charge in [-0.3, -0.25) is 4.79 Å². The van der Waals surface area contributed by atoms with Gasteiger partial charge in [0, 0.05) is 19.6 Å². The fourth-order valence-corrected chi connectivity index (χ4v) is 3.47. The van der Waals surface area contributed by atoms with Crippen molar-refractivity contribution in [3.8, 4) is 0 Å². The lowest BCUT2D eigenvalue weighted by atomic mass is 9.88. The molecule has 1 aliphatic rings. The van der Waals surface area contributed by atoms with Crippen LogP contribution in [0.15, 0.2) is 54.6 Å². The number of carbonyl (C=O) groups excluding carboxylic acids is 1. The van der Waals surface area contributed by atoms with Gasteiger partial charge in [0.15, 0.2) is 0 Å². The van der Waals surface area contributed by atoms with Gasteiger partial charge in [-0.15, -0.1) is 0 Å². The molecule has 0 saturated carbocycles. The third kappa shape index (κ3) is 5.38. The molecule has 1 saturated heterocycles. The Morgan fingerprint density at radius 2 is 1.86 bits per heavy atom. The average molecular weight is 386 g/mol. The molecule has 1 amide bonds. The van der Waals surface area contributed by atoms with E-state index in [0.717, 1.165) is 11.1 Å². The largest absolute Gasteiger partial charge is 0.388 e. The van der Waals surface area contributed by atoms with Gasteiger partial charge in [-0.2, -0.15) is 0 Å². The number of halogens is 1. The molecule has 0 aromatic heterocycles. The lowest BCUT2D eigenvalue weighted by Gasteiger charge is -2.42. The Bertz CT molecular complexity index is 769. The number of rotatable bonds is 7. The second-order valence-electron chi connectivity index (χ2n) is 7.42. The van der Waals surface area contributed by atoms with Gasteiger partial charge in [-0.05, 0) is 42.6 Å². The third-order valence-corrected chi connectivity index (χ3v) is 5.31. The molecule has 5 nitrogen and oxygen atoms in total. The lowest BCUT2D eigenvalue weighted by molar-refractivity contribution is -0.148. The highest BCUT2D eigenvalue weighted by atomic mass is 19.1. The van der Waals surface area contributed by atoms with Crippen LogP contribution in [0.2, 0.25) is 0 Å². The van der Waals surface area contributed by atoms with Gasteiger partial charge in [0.05, 0.1) is 6.42 Å². The molecule has 0 radical (unpaired) electrons. The van der Waals surface area contributed by atoms with Gasteiger partial charge >= 0.3 is 0 Å². The first-order valence-corrected chi connectivity index (χ1v) is 9.63. The molecule has 2 aromatic rings. The van der Waals surface area contributed by atoms with Crippen molar-refractivity contribution < 1.29 is 19.4 Å². The van der Waals surface area contributed by atoms with Gasteiger partial charge in [-0.25, -0.2) is 4.39 Å². The number of nitrogens with one attached hydrogen (secondary N) is 1. The normalized spacial score (nSPS) is 22.2. The molecular weight excluding hydrogens is 359 g/mol. The number of aliphatic hydroxyl groups excluding tert-OH is 1. The third-order valence-electron chi connectivity index (χ3n) is 5.31. The SMILES string of the molecule is O=C(Cc1ccccc1)N1CC[C@](O)(CNCCc2ccc(F)cc2)[C@@H](O)C1. The molecule has 2 aromatic carbocycles. The first-order valence-electron chi connectivity index (χ1n) is 9.63. The summed E-state index contributed by atoms with van der Waals surface area (Å²) >= 11 is 0. The summed E-state index contributed by atoms with van der Waals surface area (Å²) < 4.78 is 12.9. The predicted octanol–water partition coefficient (Wildman–Crippen LogP) is 1.52. The van der Waals surface area contributed by atoms with Crippen molar-refractivity contribution in [2.75, 3.05) is 26.2 Å². The van der Waals surface area contributed by atoms with Crippen LogP contribution < -0.4 is 5.32 Å². The summed E-state index contributed by atoms with van der Waals surface area (Å²) in [6, 6.07) is 15.8. The van der Waals surface area contributed by atoms with Gasteiger partial charge in [0.25, 0.3) is 0 Å². The van der Waals surface area contributed by atoms with Crippen LogP contribution in [0.4, 0.5) is 4.39 Å². The topological polar surface area (TPSA) is 72.8 Å². The molecule has 0 spiro atoms. The molecule has 1 aliphatic heterocycles. The first kappa shape index (κ1) is 20.5. The summed E-state index contributed by atoms with van der Waals surface area (Å²) in [6.45, 7) is 1.40. The second kappa shape index (κ2) is 9.28. The molecule has 28 heavy (non-hydrogen) atoms. The minimum Gasteiger partial charge on any atom is -0.388 e. The average Bonchev–Trinajstić information content (AvgIpc) is 2.70. The Hall–Kier alpha value is -2.28. The number of aliphatic hydroxyl groups is 2. The summed E-state index contributed by atoms with van der Waals surface area (Å²) in [5.41, 5.74) is 0.680. The number of nitrogens with zero attached hydrogens (tertiary/aromatic N) is 1. The molecule has 1 heterocycles. The van der Waals surface area contributed by atoms with Gasteiger partial charge < -0.3 is 20.4 Å². The fraction of sp³-hybridized carbons (Fsp3) is 0.409. The van der Waals surface area contributed by atoms with Crippen molar-refractivity contribution in [1.29, 1.82) is 0 Å². The van der Waals surface area contributed by atoms with E-state index in [9.17, 15) is 19.4 Å². The number of amides is 1. The predicted molar refractivity (Wildman–Crippen MR) is 105 cm³/mol. The fourth-order valence-electron chi connectivity index (χ4n) is 3.47. The Kier molecular flexibility index (Phi) is 6.78. The first-order chi connectivity index (χ1) is 13.5. The lowest BCUT2D eigenvalue weighted by Crippen LogP contribution is -2.60. The molecule has 150 valence electrons. The number of β-amino-alcohol motifs (C(OH)–C–C–N with tert-alkyl or cyclic N) is 1. The number of piperidine rings is 1. The summed E-state index contributed by atoms with van der Waals surface area (Å²) in [5.74, 6) is -0.306. The molecule has 6 heteroatoms. The zero-order chi connectivity index (χ0) is 20.0. The standard InChI is InChI=1S/C22H27FN2O3/c23-19-8-6-17(7-9-19)10-12-24-16-22(28)11-13-25(15-20(22)26)21(27)14-18-4-2-1-3-5-18/h1-9,20,24,26,28H,10-16H2/t20-,22-/m0/s1. The Morgan fingerprint density at radius 3 is 2.54 bits per heavy atom. The van der Waals surface area contributed by atoms with E-state index in [1.54, 1.807) is 17.0 Å².